The number of carbonyl (C=O) groups is 1. The molecule has 32 heavy (non-hydrogen) atoms. The summed E-state index contributed by atoms with van der Waals surface area (Å²) in [5, 5.41) is 11.8. The summed E-state index contributed by atoms with van der Waals surface area (Å²) in [6.45, 7) is 5.75. The second-order valence-electron chi connectivity index (χ2n) is 7.62. The van der Waals surface area contributed by atoms with E-state index in [1.54, 1.807) is 30.3 Å². The second-order valence-corrected chi connectivity index (χ2v) is 8.81. The number of alkyl halides is 3. The van der Waals surface area contributed by atoms with Gasteiger partial charge in [0, 0.05) is 16.3 Å². The van der Waals surface area contributed by atoms with Crippen LogP contribution in [-0.4, -0.2) is 23.6 Å². The summed E-state index contributed by atoms with van der Waals surface area (Å²) in [6, 6.07) is 10.8. The molecular weight excluding hydrogens is 441 g/mol. The van der Waals surface area contributed by atoms with Gasteiger partial charge in [-0.2, -0.15) is 13.2 Å². The summed E-state index contributed by atoms with van der Waals surface area (Å²) in [6.07, 6.45) is -4.59. The van der Waals surface area contributed by atoms with E-state index in [9.17, 15) is 18.0 Å². The van der Waals surface area contributed by atoms with E-state index in [0.717, 1.165) is 16.5 Å². The van der Waals surface area contributed by atoms with Gasteiger partial charge in [-0.15, -0.1) is 11.8 Å². The fraction of sp³-hybridized carbons (Fsp3) is 0.348. The van der Waals surface area contributed by atoms with Crippen molar-refractivity contribution in [2.24, 2.45) is 11.7 Å². The fourth-order valence-corrected chi connectivity index (χ4v) is 3.46. The van der Waals surface area contributed by atoms with E-state index in [-0.39, 0.29) is 24.7 Å². The van der Waals surface area contributed by atoms with Crippen LogP contribution < -0.4 is 15.8 Å². The van der Waals surface area contributed by atoms with Gasteiger partial charge in [0.05, 0.1) is 24.5 Å². The van der Waals surface area contributed by atoms with Gasteiger partial charge in [-0.1, -0.05) is 38.1 Å². The SMILES string of the molecule is C/C(SCNc1ccc(OCC(C)C)c(C(F)(F)F)c1)=C(/N)c1ccc(CC(=O)O)cc1. The van der Waals surface area contributed by atoms with Crippen LogP contribution in [0.3, 0.4) is 0 Å². The monoisotopic (exact) mass is 468 g/mol. The van der Waals surface area contributed by atoms with E-state index in [4.69, 9.17) is 15.6 Å². The minimum atomic E-state index is -4.52. The van der Waals surface area contributed by atoms with Crippen LogP contribution in [0.5, 0.6) is 5.75 Å². The molecule has 2 aromatic rings. The fourth-order valence-electron chi connectivity index (χ4n) is 2.73. The third-order valence-corrected chi connectivity index (χ3v) is 5.36. The molecule has 0 atom stereocenters. The lowest BCUT2D eigenvalue weighted by atomic mass is 10.1. The molecule has 0 bridgehead atoms. The average molecular weight is 469 g/mol. The maximum atomic E-state index is 13.4. The van der Waals surface area contributed by atoms with Crippen LogP contribution in [0.25, 0.3) is 5.70 Å². The summed E-state index contributed by atoms with van der Waals surface area (Å²) in [5.74, 6) is -0.671. The number of benzene rings is 2. The van der Waals surface area contributed by atoms with Gasteiger partial charge in [-0.25, -0.2) is 0 Å². The van der Waals surface area contributed by atoms with Crippen LogP contribution >= 0.6 is 11.8 Å². The Morgan fingerprint density at radius 3 is 2.41 bits per heavy atom. The van der Waals surface area contributed by atoms with Crippen molar-refractivity contribution in [1.29, 1.82) is 0 Å². The van der Waals surface area contributed by atoms with Gasteiger partial charge in [0.15, 0.2) is 0 Å². The lowest BCUT2D eigenvalue weighted by molar-refractivity contribution is -0.139. The highest BCUT2D eigenvalue weighted by Crippen LogP contribution is 2.38. The summed E-state index contributed by atoms with van der Waals surface area (Å²) in [7, 11) is 0. The number of allylic oxidation sites excluding steroid dienone is 1. The molecule has 0 fully saturated rings. The summed E-state index contributed by atoms with van der Waals surface area (Å²) in [5.41, 5.74) is 7.62. The molecule has 0 amide bonds. The lowest BCUT2D eigenvalue weighted by Gasteiger charge is -2.17. The van der Waals surface area contributed by atoms with Gasteiger partial charge in [0.1, 0.15) is 5.75 Å². The molecule has 0 aromatic heterocycles. The molecule has 0 radical (unpaired) electrons. The first-order valence-electron chi connectivity index (χ1n) is 9.95. The Balaban J connectivity index is 2.04. The molecule has 0 aliphatic rings. The number of thioether (sulfide) groups is 1. The van der Waals surface area contributed by atoms with Crippen molar-refractivity contribution in [3.05, 3.63) is 64.1 Å². The molecule has 2 aromatic carbocycles. The maximum absolute atomic E-state index is 13.4. The molecule has 0 heterocycles. The average Bonchev–Trinajstić information content (AvgIpc) is 2.71. The zero-order valence-corrected chi connectivity index (χ0v) is 18.9. The predicted molar refractivity (Wildman–Crippen MR) is 122 cm³/mol. The quantitative estimate of drug-likeness (QED) is 0.381. The van der Waals surface area contributed by atoms with Gasteiger partial charge in [0.2, 0.25) is 0 Å². The Morgan fingerprint density at radius 1 is 1.19 bits per heavy atom. The smallest absolute Gasteiger partial charge is 0.420 e. The van der Waals surface area contributed by atoms with Crippen molar-refractivity contribution >= 4 is 29.1 Å². The Hall–Kier alpha value is -2.81. The highest BCUT2D eigenvalue weighted by molar-refractivity contribution is 8.03. The minimum absolute atomic E-state index is 0.0667. The van der Waals surface area contributed by atoms with Crippen molar-refractivity contribution in [2.75, 3.05) is 17.8 Å². The van der Waals surface area contributed by atoms with Crippen LogP contribution in [0.1, 0.15) is 37.5 Å². The zero-order chi connectivity index (χ0) is 23.9. The highest BCUT2D eigenvalue weighted by Gasteiger charge is 2.34. The van der Waals surface area contributed by atoms with Crippen LogP contribution in [0.4, 0.5) is 18.9 Å². The molecule has 0 saturated carbocycles. The number of aliphatic carboxylic acids is 1. The van der Waals surface area contributed by atoms with E-state index >= 15 is 0 Å². The topological polar surface area (TPSA) is 84.6 Å². The number of anilines is 1. The normalized spacial score (nSPS) is 12.5. The number of carboxylic acids is 1. The summed E-state index contributed by atoms with van der Waals surface area (Å²) >= 11 is 1.36. The largest absolute Gasteiger partial charge is 0.493 e. The van der Waals surface area contributed by atoms with Gasteiger partial charge in [-0.05, 0) is 42.2 Å². The number of rotatable bonds is 10. The van der Waals surface area contributed by atoms with Crippen LogP contribution in [0.15, 0.2) is 47.4 Å². The van der Waals surface area contributed by atoms with Gasteiger partial charge in [-0.3, -0.25) is 4.79 Å². The first kappa shape index (κ1) is 25.5. The third-order valence-electron chi connectivity index (χ3n) is 4.42. The molecule has 0 aliphatic heterocycles. The molecule has 0 unspecified atom stereocenters. The Morgan fingerprint density at radius 2 is 1.84 bits per heavy atom. The van der Waals surface area contributed by atoms with Crippen molar-refractivity contribution in [3.63, 3.8) is 0 Å². The van der Waals surface area contributed by atoms with E-state index in [1.165, 1.54) is 17.8 Å². The minimum Gasteiger partial charge on any atom is -0.493 e. The Kier molecular flexibility index (Phi) is 8.89. The molecular formula is C23H27F3N2O3S. The van der Waals surface area contributed by atoms with Crippen molar-refractivity contribution in [2.45, 2.75) is 33.4 Å². The summed E-state index contributed by atoms with van der Waals surface area (Å²) < 4.78 is 45.6. The van der Waals surface area contributed by atoms with Crippen molar-refractivity contribution in [3.8, 4) is 5.75 Å². The maximum Gasteiger partial charge on any atom is 0.420 e. The molecule has 2 rings (SSSR count). The number of hydrogen-bond donors (Lipinski definition) is 3. The molecule has 4 N–H and O–H groups in total. The number of halogens is 3. The van der Waals surface area contributed by atoms with E-state index in [2.05, 4.69) is 5.32 Å². The van der Waals surface area contributed by atoms with E-state index < -0.39 is 17.7 Å². The standard InChI is InChI=1S/C23H27F3N2O3S/c1-14(2)12-31-20-9-8-18(11-19(20)23(24,25)26)28-13-32-15(3)22(27)17-6-4-16(5-7-17)10-21(29)30/h4-9,11,14,28H,10,12-13,27H2,1-3H3,(H,29,30)/b22-15-. The highest BCUT2D eigenvalue weighted by atomic mass is 32.2. The second kappa shape index (κ2) is 11.2. The number of ether oxygens (including phenoxy) is 1. The lowest BCUT2D eigenvalue weighted by Crippen LogP contribution is -2.12. The van der Waals surface area contributed by atoms with Crippen molar-refractivity contribution in [1.82, 2.24) is 0 Å². The van der Waals surface area contributed by atoms with E-state index in [0.29, 0.717) is 22.8 Å². The number of carboxylic acid groups (broad SMARTS) is 1. The molecule has 0 saturated heterocycles. The number of nitrogens with one attached hydrogen (secondary N) is 1. The number of hydrogen-bond acceptors (Lipinski definition) is 5. The van der Waals surface area contributed by atoms with Gasteiger partial charge in [0.25, 0.3) is 0 Å². The van der Waals surface area contributed by atoms with Crippen molar-refractivity contribution < 1.29 is 27.8 Å². The van der Waals surface area contributed by atoms with Gasteiger partial charge >= 0.3 is 12.1 Å². The molecule has 0 aliphatic carbocycles. The first-order chi connectivity index (χ1) is 15.0. The third kappa shape index (κ3) is 7.71. The molecule has 174 valence electrons. The molecule has 0 spiro atoms. The van der Waals surface area contributed by atoms with E-state index in [1.807, 2.05) is 20.8 Å². The first-order valence-corrected chi connectivity index (χ1v) is 10.9. The predicted octanol–water partition coefficient (Wildman–Crippen LogP) is 5.82. The Bertz CT molecular complexity index is 958. The van der Waals surface area contributed by atoms with Crippen LogP contribution in [0, 0.1) is 5.92 Å². The Labute approximate surface area is 189 Å². The zero-order valence-electron chi connectivity index (χ0n) is 18.1. The van der Waals surface area contributed by atoms with Crippen LogP contribution in [0.2, 0.25) is 0 Å². The van der Waals surface area contributed by atoms with Gasteiger partial charge < -0.3 is 20.9 Å². The molecule has 5 nitrogen and oxygen atoms in total. The van der Waals surface area contributed by atoms with Crippen LogP contribution in [-0.2, 0) is 17.4 Å². The number of nitrogens with two attached hydrogens (primary N) is 1. The molecule has 9 heteroatoms. The summed E-state index contributed by atoms with van der Waals surface area (Å²) in [4.78, 5) is 11.6.